The van der Waals surface area contributed by atoms with E-state index in [4.69, 9.17) is 4.74 Å². The Morgan fingerprint density at radius 3 is 2.43 bits per heavy atom. The molecule has 0 fully saturated rings. The number of hydrogen-bond acceptors (Lipinski definition) is 5. The van der Waals surface area contributed by atoms with Crippen LogP contribution in [0.2, 0.25) is 0 Å². The van der Waals surface area contributed by atoms with Crippen LogP contribution in [0, 0.1) is 0 Å². The number of carbonyl (C=O) groups is 1. The highest BCUT2D eigenvalue weighted by atomic mass is 16.5. The van der Waals surface area contributed by atoms with Crippen LogP contribution in [0.5, 0.6) is 5.75 Å². The van der Waals surface area contributed by atoms with Crippen LogP contribution >= 0.6 is 0 Å². The molecule has 2 rings (SSSR count). The summed E-state index contributed by atoms with van der Waals surface area (Å²) >= 11 is 0. The first-order chi connectivity index (χ1) is 10.9. The highest BCUT2D eigenvalue weighted by Gasteiger charge is 2.16. The number of nitrogens with zero attached hydrogens (tertiary/aromatic N) is 2. The lowest BCUT2D eigenvalue weighted by atomic mass is 10.1. The SMILES string of the molecule is CCOc1ccccc1Nc1ncc(C(=O)NC(C)(C)C)cn1. The number of hydrogen-bond donors (Lipinski definition) is 2. The van der Waals surface area contributed by atoms with Gasteiger partial charge in [0.1, 0.15) is 5.75 Å². The number of aromatic nitrogens is 2. The molecule has 1 heterocycles. The summed E-state index contributed by atoms with van der Waals surface area (Å²) in [5, 5.41) is 5.96. The molecule has 0 aliphatic heterocycles. The fraction of sp³-hybridized carbons (Fsp3) is 0.353. The van der Waals surface area contributed by atoms with Crippen LogP contribution in [0.25, 0.3) is 0 Å². The quantitative estimate of drug-likeness (QED) is 0.886. The molecule has 0 aliphatic carbocycles. The minimum atomic E-state index is -0.301. The summed E-state index contributed by atoms with van der Waals surface area (Å²) in [6, 6.07) is 7.55. The van der Waals surface area contributed by atoms with E-state index in [1.54, 1.807) is 0 Å². The highest BCUT2D eigenvalue weighted by Crippen LogP contribution is 2.25. The molecule has 1 aromatic heterocycles. The standard InChI is InChI=1S/C17H22N4O2/c1-5-23-14-9-7-6-8-13(14)20-16-18-10-12(11-19-16)15(22)21-17(2,3)4/h6-11H,5H2,1-4H3,(H,21,22)(H,18,19,20). The third kappa shape index (κ3) is 4.95. The Labute approximate surface area is 136 Å². The Morgan fingerprint density at radius 1 is 1.17 bits per heavy atom. The average molecular weight is 314 g/mol. The number of amides is 1. The van der Waals surface area contributed by atoms with Crippen molar-refractivity contribution in [3.05, 3.63) is 42.2 Å². The van der Waals surface area contributed by atoms with Gasteiger partial charge in [-0.1, -0.05) is 12.1 Å². The van der Waals surface area contributed by atoms with Gasteiger partial charge < -0.3 is 15.4 Å². The molecule has 2 aromatic rings. The first-order valence-corrected chi connectivity index (χ1v) is 7.52. The Bertz CT molecular complexity index is 663. The molecule has 122 valence electrons. The summed E-state index contributed by atoms with van der Waals surface area (Å²) in [4.78, 5) is 20.4. The summed E-state index contributed by atoms with van der Waals surface area (Å²) in [6.45, 7) is 8.27. The second kappa shape index (κ2) is 7.09. The van der Waals surface area contributed by atoms with E-state index in [0.717, 1.165) is 11.4 Å². The van der Waals surface area contributed by atoms with Crippen molar-refractivity contribution in [3.63, 3.8) is 0 Å². The first-order valence-electron chi connectivity index (χ1n) is 7.52. The third-order valence-corrected chi connectivity index (χ3v) is 2.84. The zero-order valence-electron chi connectivity index (χ0n) is 13.9. The Kier molecular flexibility index (Phi) is 5.16. The molecule has 1 aromatic carbocycles. The number of anilines is 2. The lowest BCUT2D eigenvalue weighted by Crippen LogP contribution is -2.40. The number of benzene rings is 1. The minimum absolute atomic E-state index is 0.196. The summed E-state index contributed by atoms with van der Waals surface area (Å²) in [7, 11) is 0. The van der Waals surface area contributed by atoms with Crippen molar-refractivity contribution in [2.75, 3.05) is 11.9 Å². The minimum Gasteiger partial charge on any atom is -0.492 e. The Balaban J connectivity index is 2.10. The average Bonchev–Trinajstić information content (AvgIpc) is 2.48. The van der Waals surface area contributed by atoms with E-state index in [2.05, 4.69) is 20.6 Å². The smallest absolute Gasteiger partial charge is 0.254 e. The van der Waals surface area contributed by atoms with Crippen LogP contribution in [0.1, 0.15) is 38.1 Å². The van der Waals surface area contributed by atoms with E-state index in [1.807, 2.05) is 52.0 Å². The lowest BCUT2D eigenvalue weighted by molar-refractivity contribution is 0.0919. The van der Waals surface area contributed by atoms with Gasteiger partial charge >= 0.3 is 0 Å². The van der Waals surface area contributed by atoms with Gasteiger partial charge in [0.15, 0.2) is 0 Å². The van der Waals surface area contributed by atoms with Crippen molar-refractivity contribution < 1.29 is 9.53 Å². The molecule has 0 saturated carbocycles. The maximum Gasteiger partial charge on any atom is 0.254 e. The Hall–Kier alpha value is -2.63. The van der Waals surface area contributed by atoms with Crippen molar-refractivity contribution in [3.8, 4) is 5.75 Å². The summed E-state index contributed by atoms with van der Waals surface area (Å²) in [6.07, 6.45) is 3.00. The normalized spacial score (nSPS) is 11.0. The lowest BCUT2D eigenvalue weighted by Gasteiger charge is -2.20. The van der Waals surface area contributed by atoms with Crippen molar-refractivity contribution in [1.82, 2.24) is 15.3 Å². The molecule has 0 saturated heterocycles. The molecular formula is C17H22N4O2. The van der Waals surface area contributed by atoms with Gasteiger partial charge in [-0.25, -0.2) is 9.97 Å². The van der Waals surface area contributed by atoms with Crippen molar-refractivity contribution in [1.29, 1.82) is 0 Å². The van der Waals surface area contributed by atoms with Gasteiger partial charge in [0.2, 0.25) is 5.95 Å². The fourth-order valence-electron chi connectivity index (χ4n) is 1.89. The number of para-hydroxylation sites is 2. The van der Waals surface area contributed by atoms with Crippen LogP contribution in [-0.4, -0.2) is 28.0 Å². The summed E-state index contributed by atoms with van der Waals surface area (Å²) < 4.78 is 5.54. The van der Waals surface area contributed by atoms with Gasteiger partial charge in [-0.15, -0.1) is 0 Å². The molecule has 6 nitrogen and oxygen atoms in total. The molecule has 0 unspecified atom stereocenters. The number of nitrogens with one attached hydrogen (secondary N) is 2. The van der Waals surface area contributed by atoms with Crippen LogP contribution in [-0.2, 0) is 0 Å². The molecular weight excluding hydrogens is 292 g/mol. The molecule has 6 heteroatoms. The van der Waals surface area contributed by atoms with Gasteiger partial charge in [-0.3, -0.25) is 4.79 Å². The molecule has 0 aliphatic rings. The number of rotatable bonds is 5. The fourth-order valence-corrected chi connectivity index (χ4v) is 1.89. The van der Waals surface area contributed by atoms with Gasteiger partial charge in [0.05, 0.1) is 17.9 Å². The predicted molar refractivity (Wildman–Crippen MR) is 90.1 cm³/mol. The molecule has 0 atom stereocenters. The molecule has 2 N–H and O–H groups in total. The van der Waals surface area contributed by atoms with Crippen LogP contribution in [0.15, 0.2) is 36.7 Å². The zero-order chi connectivity index (χ0) is 16.9. The molecule has 1 amide bonds. The number of carbonyl (C=O) groups excluding carboxylic acids is 1. The third-order valence-electron chi connectivity index (χ3n) is 2.84. The second-order valence-corrected chi connectivity index (χ2v) is 6.05. The zero-order valence-corrected chi connectivity index (χ0v) is 13.9. The highest BCUT2D eigenvalue weighted by molar-refractivity contribution is 5.94. The topological polar surface area (TPSA) is 76.1 Å². The molecule has 0 spiro atoms. The maximum absolute atomic E-state index is 12.0. The van der Waals surface area contributed by atoms with E-state index in [-0.39, 0.29) is 11.4 Å². The van der Waals surface area contributed by atoms with Crippen molar-refractivity contribution in [2.24, 2.45) is 0 Å². The van der Waals surface area contributed by atoms with Gasteiger partial charge in [-0.05, 0) is 39.8 Å². The first kappa shape index (κ1) is 16.7. The van der Waals surface area contributed by atoms with Gasteiger partial charge in [-0.2, -0.15) is 0 Å². The maximum atomic E-state index is 12.0. The molecule has 23 heavy (non-hydrogen) atoms. The predicted octanol–water partition coefficient (Wildman–Crippen LogP) is 3.15. The van der Waals surface area contributed by atoms with Crippen molar-refractivity contribution in [2.45, 2.75) is 33.2 Å². The van der Waals surface area contributed by atoms with Crippen LogP contribution in [0.4, 0.5) is 11.6 Å². The van der Waals surface area contributed by atoms with E-state index in [0.29, 0.717) is 18.1 Å². The Morgan fingerprint density at radius 2 is 1.83 bits per heavy atom. The van der Waals surface area contributed by atoms with Gasteiger partial charge in [0.25, 0.3) is 5.91 Å². The van der Waals surface area contributed by atoms with Crippen LogP contribution in [0.3, 0.4) is 0 Å². The van der Waals surface area contributed by atoms with E-state index in [1.165, 1.54) is 12.4 Å². The summed E-state index contributed by atoms with van der Waals surface area (Å²) in [5.74, 6) is 0.941. The summed E-state index contributed by atoms with van der Waals surface area (Å²) in [5.41, 5.74) is 0.898. The molecule has 0 radical (unpaired) electrons. The van der Waals surface area contributed by atoms with E-state index in [9.17, 15) is 4.79 Å². The largest absolute Gasteiger partial charge is 0.492 e. The molecule has 0 bridgehead atoms. The monoisotopic (exact) mass is 314 g/mol. The van der Waals surface area contributed by atoms with Crippen LogP contribution < -0.4 is 15.4 Å². The van der Waals surface area contributed by atoms with Crippen molar-refractivity contribution >= 4 is 17.5 Å². The second-order valence-electron chi connectivity index (χ2n) is 6.05. The number of ether oxygens (including phenoxy) is 1. The van der Waals surface area contributed by atoms with E-state index >= 15 is 0 Å². The van der Waals surface area contributed by atoms with E-state index < -0.39 is 0 Å². The van der Waals surface area contributed by atoms with Gasteiger partial charge in [0, 0.05) is 17.9 Å².